The van der Waals surface area contributed by atoms with E-state index in [-0.39, 0.29) is 11.5 Å². The zero-order chi connectivity index (χ0) is 19.7. The van der Waals surface area contributed by atoms with E-state index in [0.717, 1.165) is 16.6 Å². The van der Waals surface area contributed by atoms with Gasteiger partial charge in [-0.2, -0.15) is 0 Å². The minimum absolute atomic E-state index is 0.242. The van der Waals surface area contributed by atoms with Gasteiger partial charge in [0.05, 0.1) is 18.5 Å². The molecule has 2 heterocycles. The molecule has 4 aromatic rings. The second-order valence-electron chi connectivity index (χ2n) is 6.10. The summed E-state index contributed by atoms with van der Waals surface area (Å²) >= 11 is 5.93. The summed E-state index contributed by atoms with van der Waals surface area (Å²) in [7, 11) is 1.59. The molecule has 0 atom stereocenters. The summed E-state index contributed by atoms with van der Waals surface area (Å²) in [6.07, 6.45) is 0. The predicted molar refractivity (Wildman–Crippen MR) is 109 cm³/mol. The summed E-state index contributed by atoms with van der Waals surface area (Å²) in [5, 5.41) is 4.48. The lowest BCUT2D eigenvalue weighted by atomic mass is 10.1. The van der Waals surface area contributed by atoms with E-state index in [1.807, 2.05) is 25.1 Å². The molecule has 0 bridgehead atoms. The van der Waals surface area contributed by atoms with Gasteiger partial charge in [0.15, 0.2) is 0 Å². The Morgan fingerprint density at radius 1 is 1.07 bits per heavy atom. The van der Waals surface area contributed by atoms with Crippen molar-refractivity contribution in [1.29, 1.82) is 0 Å². The number of methoxy groups -OCH3 is 1. The van der Waals surface area contributed by atoms with Crippen LogP contribution in [0.25, 0.3) is 22.2 Å². The van der Waals surface area contributed by atoms with E-state index < -0.39 is 0 Å². The highest BCUT2D eigenvalue weighted by Gasteiger charge is 2.11. The van der Waals surface area contributed by atoms with Crippen LogP contribution in [-0.4, -0.2) is 27.0 Å². The molecule has 0 amide bonds. The fourth-order valence-electron chi connectivity index (χ4n) is 2.89. The lowest BCUT2D eigenvalue weighted by molar-refractivity contribution is 0.419. The monoisotopic (exact) mass is 393 g/mol. The van der Waals surface area contributed by atoms with Crippen molar-refractivity contribution in [3.63, 3.8) is 0 Å². The predicted octanol–water partition coefficient (Wildman–Crippen LogP) is 4.09. The lowest BCUT2D eigenvalue weighted by Gasteiger charge is -2.10. The van der Waals surface area contributed by atoms with Crippen LogP contribution in [0.4, 0.5) is 11.9 Å². The van der Waals surface area contributed by atoms with E-state index in [9.17, 15) is 4.79 Å². The molecule has 2 N–H and O–H groups in total. The van der Waals surface area contributed by atoms with Gasteiger partial charge in [-0.05, 0) is 25.1 Å². The number of nitrogens with zero attached hydrogens (tertiary/aromatic N) is 3. The first-order valence-electron chi connectivity index (χ1n) is 8.49. The van der Waals surface area contributed by atoms with Crippen molar-refractivity contribution in [1.82, 2.24) is 19.9 Å². The van der Waals surface area contributed by atoms with Crippen molar-refractivity contribution >= 4 is 34.4 Å². The number of H-pyrrole nitrogens is 1. The van der Waals surface area contributed by atoms with Crippen LogP contribution in [0.5, 0.6) is 5.75 Å². The molecule has 28 heavy (non-hydrogen) atoms. The number of hydrogen-bond acceptors (Lipinski definition) is 6. The van der Waals surface area contributed by atoms with E-state index >= 15 is 0 Å². The highest BCUT2D eigenvalue weighted by Crippen LogP contribution is 2.27. The third-order valence-corrected chi connectivity index (χ3v) is 4.46. The molecule has 0 radical (unpaired) electrons. The summed E-state index contributed by atoms with van der Waals surface area (Å²) < 4.78 is 5.39. The van der Waals surface area contributed by atoms with Crippen molar-refractivity contribution in [3.05, 3.63) is 69.6 Å². The minimum Gasteiger partial charge on any atom is -0.494 e. The number of nitrogens with one attached hydrogen (secondary N) is 2. The molecule has 0 saturated heterocycles. The Morgan fingerprint density at radius 2 is 1.86 bits per heavy atom. The molecular weight excluding hydrogens is 378 g/mol. The minimum atomic E-state index is -0.294. The molecule has 2 aromatic heterocycles. The fraction of sp³-hybridized carbons (Fsp3) is 0.100. The number of aromatic nitrogens is 4. The smallest absolute Gasteiger partial charge is 0.252 e. The van der Waals surface area contributed by atoms with Gasteiger partial charge < -0.3 is 4.74 Å². The van der Waals surface area contributed by atoms with Crippen molar-refractivity contribution in [2.75, 3.05) is 12.4 Å². The second kappa shape index (κ2) is 7.28. The van der Waals surface area contributed by atoms with Crippen LogP contribution < -0.4 is 15.6 Å². The van der Waals surface area contributed by atoms with E-state index in [1.54, 1.807) is 31.4 Å². The maximum Gasteiger partial charge on any atom is 0.252 e. The Bertz CT molecular complexity index is 1220. The average Bonchev–Trinajstić information content (AvgIpc) is 2.68. The van der Waals surface area contributed by atoms with Crippen LogP contribution in [-0.2, 0) is 0 Å². The molecule has 0 aliphatic rings. The van der Waals surface area contributed by atoms with Crippen molar-refractivity contribution in [3.8, 4) is 17.0 Å². The van der Waals surface area contributed by atoms with E-state index in [1.165, 1.54) is 6.07 Å². The van der Waals surface area contributed by atoms with Gasteiger partial charge in [-0.3, -0.25) is 15.1 Å². The van der Waals surface area contributed by atoms with Gasteiger partial charge in [-0.1, -0.05) is 35.9 Å². The van der Waals surface area contributed by atoms with Crippen LogP contribution in [0.3, 0.4) is 0 Å². The SMILES string of the molecule is COc1cccc2c(C)nc(Nc3nc(-c4ccc(Cl)cc4)cc(=O)[nH]3)nc12. The molecule has 4 rings (SSSR count). The van der Waals surface area contributed by atoms with Crippen molar-refractivity contribution in [2.24, 2.45) is 0 Å². The molecule has 140 valence electrons. The molecule has 0 aliphatic heterocycles. The molecule has 0 spiro atoms. The number of anilines is 2. The summed E-state index contributed by atoms with van der Waals surface area (Å²) in [6.45, 7) is 1.88. The first kappa shape index (κ1) is 17.9. The Balaban J connectivity index is 1.75. The number of benzene rings is 2. The third kappa shape index (κ3) is 3.52. The van der Waals surface area contributed by atoms with Crippen molar-refractivity contribution in [2.45, 2.75) is 6.92 Å². The number of ether oxygens (including phenoxy) is 1. The normalized spacial score (nSPS) is 10.8. The van der Waals surface area contributed by atoms with Crippen LogP contribution in [0.2, 0.25) is 5.02 Å². The standard InChI is InChI=1S/C20H16ClN5O2/c1-11-14-4-3-5-16(28-2)18(14)25-19(22-11)26-20-23-15(10-17(27)24-20)12-6-8-13(21)9-7-12/h3-10H,1-2H3,(H2,22,23,24,25,26,27). The Morgan fingerprint density at radius 3 is 2.61 bits per heavy atom. The summed E-state index contributed by atoms with van der Waals surface area (Å²) in [4.78, 5) is 28.2. The first-order valence-corrected chi connectivity index (χ1v) is 8.87. The van der Waals surface area contributed by atoms with Gasteiger partial charge >= 0.3 is 0 Å². The number of fused-ring (bicyclic) bond motifs is 1. The molecule has 8 heteroatoms. The van der Waals surface area contributed by atoms with Gasteiger partial charge in [-0.15, -0.1) is 0 Å². The number of para-hydroxylation sites is 1. The van der Waals surface area contributed by atoms with Gasteiger partial charge in [0.1, 0.15) is 11.3 Å². The van der Waals surface area contributed by atoms with Crippen LogP contribution >= 0.6 is 11.6 Å². The number of aromatic amines is 1. The second-order valence-corrected chi connectivity index (χ2v) is 6.54. The Hall–Kier alpha value is -3.45. The van der Waals surface area contributed by atoms with Crippen LogP contribution in [0.1, 0.15) is 5.69 Å². The molecule has 0 aliphatic carbocycles. The molecule has 0 saturated carbocycles. The lowest BCUT2D eigenvalue weighted by Crippen LogP contribution is -2.12. The maximum atomic E-state index is 12.1. The number of halogens is 1. The molecular formula is C20H16ClN5O2. The van der Waals surface area contributed by atoms with E-state index in [2.05, 4.69) is 25.3 Å². The first-order chi connectivity index (χ1) is 13.5. The Labute approximate surface area is 165 Å². The quantitative estimate of drug-likeness (QED) is 0.542. The van der Waals surface area contributed by atoms with Crippen LogP contribution in [0.15, 0.2) is 53.3 Å². The zero-order valence-corrected chi connectivity index (χ0v) is 15.9. The highest BCUT2D eigenvalue weighted by molar-refractivity contribution is 6.30. The van der Waals surface area contributed by atoms with Gasteiger partial charge in [0.25, 0.3) is 5.56 Å². The number of hydrogen-bond donors (Lipinski definition) is 2. The largest absolute Gasteiger partial charge is 0.494 e. The third-order valence-electron chi connectivity index (χ3n) is 4.21. The summed E-state index contributed by atoms with van der Waals surface area (Å²) in [5.74, 6) is 1.19. The summed E-state index contributed by atoms with van der Waals surface area (Å²) in [6, 6.07) is 14.2. The Kier molecular flexibility index (Phi) is 4.67. The highest BCUT2D eigenvalue weighted by atomic mass is 35.5. The maximum absolute atomic E-state index is 12.1. The van der Waals surface area contributed by atoms with Crippen molar-refractivity contribution < 1.29 is 4.74 Å². The number of rotatable bonds is 4. The zero-order valence-electron chi connectivity index (χ0n) is 15.2. The fourth-order valence-corrected chi connectivity index (χ4v) is 3.02. The number of aryl methyl sites for hydroxylation is 1. The average molecular weight is 394 g/mol. The van der Waals surface area contributed by atoms with Gasteiger partial charge in [-0.25, -0.2) is 15.0 Å². The van der Waals surface area contributed by atoms with Gasteiger partial charge in [0.2, 0.25) is 11.9 Å². The topological polar surface area (TPSA) is 92.8 Å². The van der Waals surface area contributed by atoms with E-state index in [0.29, 0.717) is 27.9 Å². The molecule has 2 aromatic carbocycles. The van der Waals surface area contributed by atoms with E-state index in [4.69, 9.17) is 16.3 Å². The van der Waals surface area contributed by atoms with Gasteiger partial charge in [0, 0.05) is 22.0 Å². The molecule has 7 nitrogen and oxygen atoms in total. The van der Waals surface area contributed by atoms with Crippen LogP contribution in [0, 0.1) is 6.92 Å². The summed E-state index contributed by atoms with van der Waals surface area (Å²) in [5.41, 5.74) is 2.45. The molecule has 0 unspecified atom stereocenters. The molecule has 0 fully saturated rings.